The van der Waals surface area contributed by atoms with Crippen molar-refractivity contribution in [1.82, 2.24) is 4.90 Å². The van der Waals surface area contributed by atoms with E-state index in [2.05, 4.69) is 36.1 Å². The summed E-state index contributed by atoms with van der Waals surface area (Å²) in [5, 5.41) is 0. The van der Waals surface area contributed by atoms with Crippen molar-refractivity contribution in [3.8, 4) is 5.75 Å². The summed E-state index contributed by atoms with van der Waals surface area (Å²) in [5.74, 6) is 0.706. The minimum atomic E-state index is -0.0971. The van der Waals surface area contributed by atoms with Crippen molar-refractivity contribution < 1.29 is 14.3 Å². The second-order valence-electron chi connectivity index (χ2n) is 7.76. The number of anilines is 2. The van der Waals surface area contributed by atoms with Gasteiger partial charge in [0.1, 0.15) is 5.75 Å². The molecule has 152 valence electrons. The number of carbonyl (C=O) groups excluding carboxylic acids is 2. The van der Waals surface area contributed by atoms with E-state index in [4.69, 9.17) is 4.74 Å². The minimum Gasteiger partial charge on any atom is -0.482 e. The molecule has 2 aliphatic heterocycles. The quantitative estimate of drug-likeness (QED) is 0.802. The largest absolute Gasteiger partial charge is 0.482 e. The number of rotatable bonds is 4. The molecular weight excluding hydrogens is 366 g/mol. The first-order valence-corrected chi connectivity index (χ1v) is 10.1. The molecule has 0 spiro atoms. The van der Waals surface area contributed by atoms with E-state index >= 15 is 0 Å². The van der Waals surface area contributed by atoms with Gasteiger partial charge >= 0.3 is 0 Å². The van der Waals surface area contributed by atoms with Crippen LogP contribution in [0.4, 0.5) is 11.4 Å². The molecule has 2 aliphatic rings. The molecule has 0 saturated carbocycles. The highest BCUT2D eigenvalue weighted by Gasteiger charge is 2.27. The number of amides is 2. The topological polar surface area (TPSA) is 53.1 Å². The van der Waals surface area contributed by atoms with Crippen LogP contribution in [0.15, 0.2) is 42.5 Å². The van der Waals surface area contributed by atoms with Gasteiger partial charge in [-0.2, -0.15) is 0 Å². The lowest BCUT2D eigenvalue weighted by atomic mass is 10.1. The summed E-state index contributed by atoms with van der Waals surface area (Å²) in [5.41, 5.74) is 4.28. The fourth-order valence-corrected chi connectivity index (χ4v) is 3.96. The van der Waals surface area contributed by atoms with Gasteiger partial charge in [-0.3, -0.25) is 9.59 Å². The number of fused-ring (bicyclic) bond motifs is 1. The second-order valence-corrected chi connectivity index (χ2v) is 7.76. The third-order valence-electron chi connectivity index (χ3n) is 5.61. The highest BCUT2D eigenvalue weighted by molar-refractivity contribution is 5.98. The molecule has 0 atom stereocenters. The smallest absolute Gasteiger partial charge is 0.265 e. The van der Waals surface area contributed by atoms with Crippen molar-refractivity contribution in [1.29, 1.82) is 0 Å². The normalized spacial score (nSPS) is 16.5. The molecule has 0 N–H and O–H groups in total. The van der Waals surface area contributed by atoms with Crippen molar-refractivity contribution in [2.24, 2.45) is 0 Å². The molecule has 29 heavy (non-hydrogen) atoms. The average Bonchev–Trinajstić information content (AvgIpc) is 2.73. The molecule has 2 amide bonds. The first-order valence-electron chi connectivity index (χ1n) is 10.1. The summed E-state index contributed by atoms with van der Waals surface area (Å²) < 4.78 is 5.51. The molecule has 2 aromatic rings. The lowest BCUT2D eigenvalue weighted by Gasteiger charge is -2.37. The fraction of sp³-hybridized carbons (Fsp3) is 0.391. The predicted molar refractivity (Wildman–Crippen MR) is 114 cm³/mol. The molecule has 0 unspecified atom stereocenters. The van der Waals surface area contributed by atoms with E-state index in [1.165, 1.54) is 11.3 Å². The van der Waals surface area contributed by atoms with Crippen LogP contribution in [0.2, 0.25) is 0 Å². The Morgan fingerprint density at radius 1 is 1.00 bits per heavy atom. The Morgan fingerprint density at radius 3 is 2.52 bits per heavy atom. The van der Waals surface area contributed by atoms with Gasteiger partial charge in [-0.1, -0.05) is 18.2 Å². The molecule has 0 radical (unpaired) electrons. The van der Waals surface area contributed by atoms with Crippen molar-refractivity contribution in [2.75, 3.05) is 49.1 Å². The molecule has 4 rings (SSSR count). The van der Waals surface area contributed by atoms with Crippen molar-refractivity contribution in [3.63, 3.8) is 0 Å². The van der Waals surface area contributed by atoms with Gasteiger partial charge in [0, 0.05) is 44.8 Å². The van der Waals surface area contributed by atoms with Crippen LogP contribution in [0.25, 0.3) is 0 Å². The molecule has 2 aromatic carbocycles. The van der Waals surface area contributed by atoms with E-state index in [1.807, 2.05) is 30.0 Å². The van der Waals surface area contributed by atoms with Crippen LogP contribution in [0.1, 0.15) is 17.5 Å². The Bertz CT molecular complexity index is 919. The molecule has 0 aromatic heterocycles. The maximum absolute atomic E-state index is 12.8. The standard InChI is InChI=1S/C23H27N3O3/c1-17-4-3-5-19(14-17)24-10-12-25(13-11-24)22(27)8-9-26-20-15-18(2)6-7-21(20)29-16-23(26)28/h3-7,14-15H,8-13,16H2,1-2H3. The van der Waals surface area contributed by atoms with E-state index in [0.717, 1.165) is 24.3 Å². The van der Waals surface area contributed by atoms with Gasteiger partial charge in [0.05, 0.1) is 5.69 Å². The molecule has 6 heteroatoms. The zero-order valence-electron chi connectivity index (χ0n) is 17.1. The summed E-state index contributed by atoms with van der Waals surface area (Å²) in [6.45, 7) is 7.56. The van der Waals surface area contributed by atoms with Crippen molar-refractivity contribution >= 4 is 23.2 Å². The van der Waals surface area contributed by atoms with Gasteiger partial charge in [-0.25, -0.2) is 0 Å². The fourth-order valence-electron chi connectivity index (χ4n) is 3.96. The number of nitrogens with zero attached hydrogens (tertiary/aromatic N) is 3. The molecule has 1 fully saturated rings. The number of hydrogen-bond acceptors (Lipinski definition) is 4. The van der Waals surface area contributed by atoms with Crippen LogP contribution < -0.4 is 14.5 Å². The Labute approximate surface area is 171 Å². The molecule has 2 heterocycles. The summed E-state index contributed by atoms with van der Waals surface area (Å²) in [4.78, 5) is 31.0. The summed E-state index contributed by atoms with van der Waals surface area (Å²) >= 11 is 0. The van der Waals surface area contributed by atoms with E-state index < -0.39 is 0 Å². The number of piperazine rings is 1. The van der Waals surface area contributed by atoms with Crippen LogP contribution in [-0.4, -0.2) is 56.0 Å². The van der Waals surface area contributed by atoms with E-state index in [-0.39, 0.29) is 18.4 Å². The van der Waals surface area contributed by atoms with Crippen molar-refractivity contribution in [3.05, 3.63) is 53.6 Å². The predicted octanol–water partition coefficient (Wildman–Crippen LogP) is 2.77. The number of benzene rings is 2. The first-order chi connectivity index (χ1) is 14.0. The molecular formula is C23H27N3O3. The zero-order chi connectivity index (χ0) is 20.4. The molecule has 1 saturated heterocycles. The number of carbonyl (C=O) groups is 2. The molecule has 0 aliphatic carbocycles. The summed E-state index contributed by atoms with van der Waals surface area (Å²) in [7, 11) is 0. The highest BCUT2D eigenvalue weighted by atomic mass is 16.5. The lowest BCUT2D eigenvalue weighted by molar-refractivity contribution is -0.131. The van der Waals surface area contributed by atoms with Crippen molar-refractivity contribution in [2.45, 2.75) is 20.3 Å². The van der Waals surface area contributed by atoms with Crippen LogP contribution in [0, 0.1) is 13.8 Å². The summed E-state index contributed by atoms with van der Waals surface area (Å²) in [6, 6.07) is 14.3. The van der Waals surface area contributed by atoms with Gasteiger partial charge in [0.25, 0.3) is 5.91 Å². The van der Waals surface area contributed by atoms with Gasteiger partial charge in [-0.05, 0) is 49.2 Å². The Hall–Kier alpha value is -3.02. The third kappa shape index (κ3) is 4.21. The SMILES string of the molecule is Cc1cccc(N2CCN(C(=O)CCN3C(=O)COc4ccc(C)cc43)CC2)c1. The van der Waals surface area contributed by atoms with Crippen LogP contribution >= 0.6 is 0 Å². The minimum absolute atomic E-state index is 0.0272. The monoisotopic (exact) mass is 393 g/mol. The highest BCUT2D eigenvalue weighted by Crippen LogP contribution is 2.33. The maximum atomic E-state index is 12.8. The van der Waals surface area contributed by atoms with E-state index in [9.17, 15) is 9.59 Å². The van der Waals surface area contributed by atoms with Crippen LogP contribution in [0.3, 0.4) is 0 Å². The third-order valence-corrected chi connectivity index (χ3v) is 5.61. The number of aryl methyl sites for hydroxylation is 2. The average molecular weight is 393 g/mol. The number of ether oxygens (including phenoxy) is 1. The Balaban J connectivity index is 1.34. The van der Waals surface area contributed by atoms with Gasteiger partial charge in [0.2, 0.25) is 5.91 Å². The number of hydrogen-bond donors (Lipinski definition) is 0. The lowest BCUT2D eigenvalue weighted by Crippen LogP contribution is -2.49. The van der Waals surface area contributed by atoms with E-state index in [1.54, 1.807) is 4.90 Å². The van der Waals surface area contributed by atoms with Gasteiger partial charge in [0.15, 0.2) is 6.61 Å². The Morgan fingerprint density at radius 2 is 1.76 bits per heavy atom. The van der Waals surface area contributed by atoms with Gasteiger partial charge in [-0.15, -0.1) is 0 Å². The van der Waals surface area contributed by atoms with E-state index in [0.29, 0.717) is 31.8 Å². The zero-order valence-corrected chi connectivity index (χ0v) is 17.1. The summed E-state index contributed by atoms with van der Waals surface area (Å²) in [6.07, 6.45) is 0.323. The second kappa shape index (κ2) is 8.15. The van der Waals surface area contributed by atoms with Crippen LogP contribution in [0.5, 0.6) is 5.75 Å². The first kappa shape index (κ1) is 19.3. The maximum Gasteiger partial charge on any atom is 0.265 e. The van der Waals surface area contributed by atoms with Crippen LogP contribution in [-0.2, 0) is 9.59 Å². The molecule has 6 nitrogen and oxygen atoms in total. The Kier molecular flexibility index (Phi) is 5.43. The van der Waals surface area contributed by atoms with Gasteiger partial charge < -0.3 is 19.4 Å². The molecule has 0 bridgehead atoms.